The van der Waals surface area contributed by atoms with Gasteiger partial charge in [0.2, 0.25) is 0 Å². The van der Waals surface area contributed by atoms with E-state index < -0.39 is 0 Å². The second-order valence-corrected chi connectivity index (χ2v) is 5.15. The summed E-state index contributed by atoms with van der Waals surface area (Å²) in [6.45, 7) is 2.08. The van der Waals surface area contributed by atoms with Gasteiger partial charge < -0.3 is 5.11 Å². The van der Waals surface area contributed by atoms with Crippen molar-refractivity contribution >= 4 is 6.21 Å². The normalized spacial score (nSPS) is 24.4. The summed E-state index contributed by atoms with van der Waals surface area (Å²) >= 11 is 0. The van der Waals surface area contributed by atoms with E-state index in [0.717, 1.165) is 24.8 Å². The van der Waals surface area contributed by atoms with Gasteiger partial charge in [-0.2, -0.15) is 5.10 Å². The number of nitrogens with zero attached hydrogens (tertiary/aromatic N) is 2. The van der Waals surface area contributed by atoms with Gasteiger partial charge >= 0.3 is 0 Å². The summed E-state index contributed by atoms with van der Waals surface area (Å²) in [6.07, 6.45) is 5.88. The highest BCUT2D eigenvalue weighted by atomic mass is 16.3. The van der Waals surface area contributed by atoms with E-state index in [1.807, 2.05) is 30.4 Å². The van der Waals surface area contributed by atoms with Crippen LogP contribution >= 0.6 is 0 Å². The van der Waals surface area contributed by atoms with E-state index in [0.29, 0.717) is 0 Å². The van der Waals surface area contributed by atoms with E-state index in [9.17, 15) is 5.11 Å². The molecule has 0 radical (unpaired) electrons. The molecular weight excluding hydrogens is 224 g/mol. The van der Waals surface area contributed by atoms with Crippen LogP contribution in [0.25, 0.3) is 0 Å². The average Bonchev–Trinajstić information content (AvgIpc) is 2.37. The van der Waals surface area contributed by atoms with Crippen molar-refractivity contribution in [2.45, 2.75) is 44.8 Å². The van der Waals surface area contributed by atoms with Crippen molar-refractivity contribution in [3.63, 3.8) is 0 Å². The minimum absolute atomic E-state index is 0.166. The Morgan fingerprint density at radius 3 is 2.83 bits per heavy atom. The third kappa shape index (κ3) is 3.33. The molecule has 0 aromatic heterocycles. The van der Waals surface area contributed by atoms with Crippen LogP contribution in [0.5, 0.6) is 0 Å². The highest BCUT2D eigenvalue weighted by molar-refractivity contribution is 5.79. The fourth-order valence-corrected chi connectivity index (χ4v) is 2.52. The number of likely N-dealkylation sites (N-methyl/N-ethyl adjacent to an activating group) is 1. The minimum Gasteiger partial charge on any atom is -0.391 e. The monoisotopic (exact) mass is 246 g/mol. The molecule has 18 heavy (non-hydrogen) atoms. The summed E-state index contributed by atoms with van der Waals surface area (Å²) in [5.41, 5.74) is 2.34. The van der Waals surface area contributed by atoms with E-state index in [1.54, 1.807) is 0 Å². The zero-order valence-corrected chi connectivity index (χ0v) is 11.2. The molecule has 98 valence electrons. The van der Waals surface area contributed by atoms with Gasteiger partial charge in [-0.25, -0.2) is 0 Å². The zero-order chi connectivity index (χ0) is 13.0. The predicted octanol–water partition coefficient (Wildman–Crippen LogP) is 2.56. The number of aliphatic hydroxyl groups excluding tert-OH is 1. The van der Waals surface area contributed by atoms with E-state index >= 15 is 0 Å². The molecular formula is C15H22N2O. The van der Waals surface area contributed by atoms with E-state index in [-0.39, 0.29) is 12.1 Å². The lowest BCUT2D eigenvalue weighted by Crippen LogP contribution is -2.40. The molecule has 0 saturated heterocycles. The standard InChI is InChI=1S/C15H22N2O/c1-12-6-5-7-13(10-12)11-16-17(2)14-8-3-4-9-15(14)18/h5-7,10-11,14-15,18H,3-4,8-9H2,1-2H3/b16-11+/t14-,15-/m1/s1. The molecule has 0 amide bonds. The number of hydrogen-bond donors (Lipinski definition) is 1. The predicted molar refractivity (Wildman–Crippen MR) is 74.8 cm³/mol. The largest absolute Gasteiger partial charge is 0.391 e. The molecule has 2 rings (SSSR count). The third-order valence-corrected chi connectivity index (χ3v) is 3.60. The molecule has 0 heterocycles. The number of aliphatic hydroxyl groups is 1. The minimum atomic E-state index is -0.238. The molecule has 0 bridgehead atoms. The van der Waals surface area contributed by atoms with Gasteiger partial charge in [0, 0.05) is 7.05 Å². The van der Waals surface area contributed by atoms with Crippen molar-refractivity contribution < 1.29 is 5.11 Å². The molecule has 0 spiro atoms. The highest BCUT2D eigenvalue weighted by Crippen LogP contribution is 2.22. The first-order chi connectivity index (χ1) is 8.66. The van der Waals surface area contributed by atoms with Crippen LogP contribution in [0.3, 0.4) is 0 Å². The number of aryl methyl sites for hydroxylation is 1. The fourth-order valence-electron chi connectivity index (χ4n) is 2.52. The van der Waals surface area contributed by atoms with Gasteiger partial charge in [-0.05, 0) is 25.3 Å². The van der Waals surface area contributed by atoms with Gasteiger partial charge in [0.05, 0.1) is 18.4 Å². The number of rotatable bonds is 3. The Labute approximate surface area is 109 Å². The lowest BCUT2D eigenvalue weighted by Gasteiger charge is -2.33. The van der Waals surface area contributed by atoms with Crippen LogP contribution in [0.1, 0.15) is 36.8 Å². The van der Waals surface area contributed by atoms with Crippen LogP contribution in [0.2, 0.25) is 0 Å². The van der Waals surface area contributed by atoms with Gasteiger partial charge in [-0.1, -0.05) is 42.7 Å². The Balaban J connectivity index is 1.99. The number of hydrogen-bond acceptors (Lipinski definition) is 3. The molecule has 2 atom stereocenters. The number of hydrazone groups is 1. The van der Waals surface area contributed by atoms with Gasteiger partial charge in [-0.15, -0.1) is 0 Å². The van der Waals surface area contributed by atoms with Crippen molar-refractivity contribution in [3.8, 4) is 0 Å². The van der Waals surface area contributed by atoms with Crippen LogP contribution in [-0.4, -0.2) is 35.5 Å². The van der Waals surface area contributed by atoms with E-state index in [1.165, 1.54) is 12.0 Å². The summed E-state index contributed by atoms with van der Waals surface area (Å²) in [5, 5.41) is 16.3. The molecule has 1 aliphatic rings. The molecule has 3 nitrogen and oxygen atoms in total. The van der Waals surface area contributed by atoms with Gasteiger partial charge in [0.25, 0.3) is 0 Å². The summed E-state index contributed by atoms with van der Waals surface area (Å²) in [4.78, 5) is 0. The third-order valence-electron chi connectivity index (χ3n) is 3.60. The maximum Gasteiger partial charge on any atom is 0.0759 e. The van der Waals surface area contributed by atoms with Crippen LogP contribution < -0.4 is 0 Å². The molecule has 3 heteroatoms. The smallest absolute Gasteiger partial charge is 0.0759 e. The molecule has 1 aromatic carbocycles. The number of benzene rings is 1. The lowest BCUT2D eigenvalue weighted by molar-refractivity contribution is 0.0338. The summed E-state index contributed by atoms with van der Waals surface area (Å²) in [6, 6.07) is 8.42. The second kappa shape index (κ2) is 6.01. The summed E-state index contributed by atoms with van der Waals surface area (Å²) in [7, 11) is 1.95. The fraction of sp³-hybridized carbons (Fsp3) is 0.533. The summed E-state index contributed by atoms with van der Waals surface area (Å²) in [5.74, 6) is 0. The SMILES string of the molecule is Cc1cccc(/C=N/N(C)[C@@H]2CCCC[C@H]2O)c1. The van der Waals surface area contributed by atoms with Crippen molar-refractivity contribution in [2.24, 2.45) is 5.10 Å². The van der Waals surface area contributed by atoms with Crippen LogP contribution in [0, 0.1) is 6.92 Å². The maximum atomic E-state index is 9.97. The van der Waals surface area contributed by atoms with Crippen LogP contribution in [0.4, 0.5) is 0 Å². The van der Waals surface area contributed by atoms with E-state index in [2.05, 4.69) is 24.2 Å². The first-order valence-corrected chi connectivity index (χ1v) is 6.68. The van der Waals surface area contributed by atoms with Crippen molar-refractivity contribution in [3.05, 3.63) is 35.4 Å². The quantitative estimate of drug-likeness (QED) is 0.657. The topological polar surface area (TPSA) is 35.8 Å². The molecule has 1 fully saturated rings. The molecule has 0 unspecified atom stereocenters. The molecule has 1 saturated carbocycles. The van der Waals surface area contributed by atoms with Crippen molar-refractivity contribution in [1.82, 2.24) is 5.01 Å². The molecule has 1 N–H and O–H groups in total. The Kier molecular flexibility index (Phi) is 4.37. The molecule has 0 aliphatic heterocycles. The first-order valence-electron chi connectivity index (χ1n) is 6.68. The van der Waals surface area contributed by atoms with Crippen LogP contribution in [-0.2, 0) is 0 Å². The Morgan fingerprint density at radius 1 is 1.33 bits per heavy atom. The van der Waals surface area contributed by atoms with Gasteiger partial charge in [0.15, 0.2) is 0 Å². The maximum absolute atomic E-state index is 9.97. The van der Waals surface area contributed by atoms with Crippen molar-refractivity contribution in [1.29, 1.82) is 0 Å². The second-order valence-electron chi connectivity index (χ2n) is 5.15. The van der Waals surface area contributed by atoms with E-state index in [4.69, 9.17) is 0 Å². The molecule has 1 aliphatic carbocycles. The van der Waals surface area contributed by atoms with Gasteiger partial charge in [0.1, 0.15) is 0 Å². The Bertz CT molecular complexity index is 417. The van der Waals surface area contributed by atoms with Crippen LogP contribution in [0.15, 0.2) is 29.4 Å². The lowest BCUT2D eigenvalue weighted by atomic mass is 9.92. The van der Waals surface area contributed by atoms with Gasteiger partial charge in [-0.3, -0.25) is 5.01 Å². The molecule has 1 aromatic rings. The summed E-state index contributed by atoms with van der Waals surface area (Å²) < 4.78 is 0. The highest BCUT2D eigenvalue weighted by Gasteiger charge is 2.25. The Hall–Kier alpha value is -1.35. The average molecular weight is 246 g/mol. The van der Waals surface area contributed by atoms with Crippen molar-refractivity contribution in [2.75, 3.05) is 7.05 Å². The first kappa shape index (κ1) is 13.1. The Morgan fingerprint density at radius 2 is 2.11 bits per heavy atom. The zero-order valence-electron chi connectivity index (χ0n) is 11.2.